The van der Waals surface area contributed by atoms with Crippen molar-refractivity contribution in [1.82, 2.24) is 20.6 Å². The average Bonchev–Trinajstić information content (AvgIpc) is 3.47. The summed E-state index contributed by atoms with van der Waals surface area (Å²) < 4.78 is 57.1. The van der Waals surface area contributed by atoms with Gasteiger partial charge in [0.25, 0.3) is 5.91 Å². The Morgan fingerprint density at radius 1 is 1.23 bits per heavy atom. The van der Waals surface area contributed by atoms with Gasteiger partial charge in [-0.05, 0) is 31.5 Å². The van der Waals surface area contributed by atoms with E-state index in [0.29, 0.717) is 0 Å². The number of hydrogen-bond acceptors (Lipinski definition) is 7. The molecule has 0 aliphatic carbocycles. The number of carbonyl (C=O) groups is 2. The molecule has 8 nitrogen and oxygen atoms in total. The number of aromatic nitrogens is 2. The Bertz CT molecular complexity index is 1150. The summed E-state index contributed by atoms with van der Waals surface area (Å²) in [6.07, 6.45) is -5.38. The number of alkyl halides is 3. The summed E-state index contributed by atoms with van der Waals surface area (Å²) in [5, 5.41) is 16.9. The van der Waals surface area contributed by atoms with Crippen LogP contribution >= 0.6 is 22.9 Å². The summed E-state index contributed by atoms with van der Waals surface area (Å²) in [7, 11) is 0. The third kappa shape index (κ3) is 7.47. The molecule has 2 heterocycles. The van der Waals surface area contributed by atoms with Crippen LogP contribution in [-0.2, 0) is 4.79 Å². The van der Waals surface area contributed by atoms with E-state index >= 15 is 0 Å². The van der Waals surface area contributed by atoms with Crippen molar-refractivity contribution in [2.24, 2.45) is 0 Å². The first-order chi connectivity index (χ1) is 16.4. The number of halogens is 5. The van der Waals surface area contributed by atoms with E-state index in [4.69, 9.17) is 16.0 Å². The highest BCUT2D eigenvalue weighted by Gasteiger charge is 2.33. The van der Waals surface area contributed by atoms with Crippen LogP contribution in [0.3, 0.4) is 0 Å². The number of thiazole rings is 1. The lowest BCUT2D eigenvalue weighted by atomic mass is 10.0. The lowest BCUT2D eigenvalue weighted by molar-refractivity contribution is -0.140. The third-order valence-electron chi connectivity index (χ3n) is 4.73. The van der Waals surface area contributed by atoms with Gasteiger partial charge < -0.3 is 20.2 Å². The molecule has 2 amide bonds. The summed E-state index contributed by atoms with van der Waals surface area (Å²) in [6.45, 7) is 1.30. The minimum Gasteiger partial charge on any atom is -0.431 e. The highest BCUT2D eigenvalue weighted by Crippen LogP contribution is 2.28. The van der Waals surface area contributed by atoms with Crippen LogP contribution in [0, 0.1) is 5.82 Å². The Kier molecular flexibility index (Phi) is 8.46. The predicted molar refractivity (Wildman–Crippen MR) is 118 cm³/mol. The van der Waals surface area contributed by atoms with Crippen molar-refractivity contribution in [1.29, 1.82) is 0 Å². The van der Waals surface area contributed by atoms with Crippen molar-refractivity contribution in [3.8, 4) is 11.5 Å². The van der Waals surface area contributed by atoms with E-state index in [1.165, 1.54) is 24.6 Å². The molecule has 3 atom stereocenters. The first-order valence-electron chi connectivity index (χ1n) is 10.1. The lowest BCUT2D eigenvalue weighted by Gasteiger charge is -2.25. The van der Waals surface area contributed by atoms with Crippen molar-refractivity contribution < 1.29 is 36.7 Å². The first kappa shape index (κ1) is 26.6. The molecule has 188 valence electrons. The van der Waals surface area contributed by atoms with Gasteiger partial charge in [-0.3, -0.25) is 9.59 Å². The molecule has 0 aliphatic rings. The van der Waals surface area contributed by atoms with E-state index in [2.05, 4.69) is 20.6 Å². The molecular weight excluding hydrogens is 516 g/mol. The molecule has 14 heteroatoms. The lowest BCUT2D eigenvalue weighted by Crippen LogP contribution is -2.49. The van der Waals surface area contributed by atoms with Crippen molar-refractivity contribution >= 4 is 34.8 Å². The molecule has 0 fully saturated rings. The molecule has 0 spiro atoms. The fourth-order valence-corrected chi connectivity index (χ4v) is 3.92. The SMILES string of the molecule is C[C@H](NC(=O)c1cnc(-c2cc(F)cc(Cl)c2)o1)C(=O)N[C@@H](CCC(F)(F)F)C(O)c1nccs1. The van der Waals surface area contributed by atoms with Gasteiger partial charge in [-0.2, -0.15) is 13.2 Å². The van der Waals surface area contributed by atoms with E-state index in [9.17, 15) is 32.3 Å². The van der Waals surface area contributed by atoms with Crippen LogP contribution in [0.5, 0.6) is 0 Å². The molecule has 1 unspecified atom stereocenters. The number of nitrogens with zero attached hydrogens (tertiary/aromatic N) is 2. The van der Waals surface area contributed by atoms with Crippen molar-refractivity contribution in [2.45, 2.75) is 44.1 Å². The molecular formula is C21H19ClF4N4O4S. The zero-order valence-corrected chi connectivity index (χ0v) is 19.5. The quantitative estimate of drug-likeness (QED) is 0.353. The molecule has 0 aliphatic heterocycles. The normalized spacial score (nSPS) is 14.3. The minimum atomic E-state index is -4.50. The van der Waals surface area contributed by atoms with Crippen LogP contribution in [0.15, 0.2) is 40.4 Å². The van der Waals surface area contributed by atoms with Gasteiger partial charge in [0.15, 0.2) is 0 Å². The van der Waals surface area contributed by atoms with Crippen molar-refractivity contribution in [3.63, 3.8) is 0 Å². The molecule has 35 heavy (non-hydrogen) atoms. The average molecular weight is 535 g/mol. The zero-order chi connectivity index (χ0) is 25.8. The Morgan fingerprint density at radius 3 is 2.60 bits per heavy atom. The molecule has 3 rings (SSSR count). The van der Waals surface area contributed by atoms with Gasteiger partial charge in [0.05, 0.1) is 12.2 Å². The van der Waals surface area contributed by atoms with Crippen LogP contribution in [0.1, 0.15) is 41.4 Å². The standard InChI is InChI=1S/C21H19ClF4N4O4S/c1-10(17(32)30-14(2-3-21(24,25)26)16(31)20-27-4-5-35-20)29-18(33)15-9-28-19(34-15)11-6-12(22)8-13(23)7-11/h4-10,14,16,31H,2-3H2,1H3,(H,29,33)(H,30,32)/t10-,14-,16?/m0/s1. The van der Waals surface area contributed by atoms with Crippen LogP contribution in [0.2, 0.25) is 5.02 Å². The van der Waals surface area contributed by atoms with Gasteiger partial charge in [0.2, 0.25) is 17.6 Å². The zero-order valence-electron chi connectivity index (χ0n) is 18.0. The molecule has 3 aromatic rings. The summed E-state index contributed by atoms with van der Waals surface area (Å²) >= 11 is 6.82. The highest BCUT2D eigenvalue weighted by molar-refractivity contribution is 7.09. The van der Waals surface area contributed by atoms with E-state index in [1.807, 2.05) is 0 Å². The number of nitrogens with one attached hydrogen (secondary N) is 2. The number of rotatable bonds is 9. The fraction of sp³-hybridized carbons (Fsp3) is 0.333. The highest BCUT2D eigenvalue weighted by atomic mass is 35.5. The Balaban J connectivity index is 1.65. The molecule has 0 radical (unpaired) electrons. The summed E-state index contributed by atoms with van der Waals surface area (Å²) in [4.78, 5) is 32.8. The van der Waals surface area contributed by atoms with E-state index < -0.39 is 54.8 Å². The number of hydrogen-bond donors (Lipinski definition) is 3. The summed E-state index contributed by atoms with van der Waals surface area (Å²) in [6, 6.07) is 1.05. The second-order valence-corrected chi connectivity index (χ2v) is 8.83. The van der Waals surface area contributed by atoms with Crippen molar-refractivity contribution in [2.75, 3.05) is 0 Å². The van der Waals surface area contributed by atoms with Gasteiger partial charge in [0.1, 0.15) is 23.0 Å². The van der Waals surface area contributed by atoms with Gasteiger partial charge in [-0.1, -0.05) is 11.6 Å². The third-order valence-corrected chi connectivity index (χ3v) is 5.80. The van der Waals surface area contributed by atoms with Gasteiger partial charge in [-0.25, -0.2) is 14.4 Å². The van der Waals surface area contributed by atoms with E-state index in [0.717, 1.165) is 29.7 Å². The Hall–Kier alpha value is -3.03. The monoisotopic (exact) mass is 534 g/mol. The molecule has 0 saturated carbocycles. The van der Waals surface area contributed by atoms with Gasteiger partial charge in [-0.15, -0.1) is 11.3 Å². The maximum atomic E-state index is 13.5. The fourth-order valence-electron chi connectivity index (χ4n) is 3.01. The Morgan fingerprint density at radius 2 is 1.97 bits per heavy atom. The number of benzene rings is 1. The number of aliphatic hydroxyl groups excluding tert-OH is 1. The first-order valence-corrected chi connectivity index (χ1v) is 11.4. The van der Waals surface area contributed by atoms with E-state index in [1.54, 1.807) is 0 Å². The molecule has 0 bridgehead atoms. The number of aliphatic hydroxyl groups is 1. The summed E-state index contributed by atoms with van der Waals surface area (Å²) in [5.74, 6) is -2.70. The predicted octanol–water partition coefficient (Wildman–Crippen LogP) is 4.27. The molecule has 0 saturated heterocycles. The van der Waals surface area contributed by atoms with Crippen LogP contribution < -0.4 is 10.6 Å². The van der Waals surface area contributed by atoms with Crippen LogP contribution in [0.25, 0.3) is 11.5 Å². The van der Waals surface area contributed by atoms with Gasteiger partial charge >= 0.3 is 6.18 Å². The Labute approximate surface area is 205 Å². The maximum absolute atomic E-state index is 13.5. The second kappa shape index (κ2) is 11.1. The summed E-state index contributed by atoms with van der Waals surface area (Å²) in [5.41, 5.74) is 0.184. The van der Waals surface area contributed by atoms with E-state index in [-0.39, 0.29) is 27.2 Å². The topological polar surface area (TPSA) is 117 Å². The van der Waals surface area contributed by atoms with Crippen molar-refractivity contribution in [3.05, 3.63) is 57.6 Å². The number of oxazole rings is 1. The number of carbonyl (C=O) groups excluding carboxylic acids is 2. The van der Waals surface area contributed by atoms with Crippen LogP contribution in [-0.4, -0.2) is 45.1 Å². The van der Waals surface area contributed by atoms with Gasteiger partial charge in [0, 0.05) is 28.6 Å². The largest absolute Gasteiger partial charge is 0.431 e. The molecule has 1 aromatic carbocycles. The minimum absolute atomic E-state index is 0.0903. The van der Waals surface area contributed by atoms with Crippen LogP contribution in [0.4, 0.5) is 17.6 Å². The second-order valence-electron chi connectivity index (χ2n) is 7.47. The molecule has 2 aromatic heterocycles. The number of amides is 2. The maximum Gasteiger partial charge on any atom is 0.389 e. The smallest absolute Gasteiger partial charge is 0.389 e. The molecule has 3 N–H and O–H groups in total.